The number of benzene rings is 1. The largest absolute Gasteiger partial charge is 0.573 e. The second-order valence-electron chi connectivity index (χ2n) is 5.24. The maximum absolute atomic E-state index is 13.1. The molecule has 0 aliphatic carbocycles. The van der Waals surface area contributed by atoms with Crippen molar-refractivity contribution in [3.63, 3.8) is 0 Å². The lowest BCUT2D eigenvalue weighted by atomic mass is 9.97. The van der Waals surface area contributed by atoms with Crippen LogP contribution in [0.4, 0.5) is 26.3 Å². The van der Waals surface area contributed by atoms with E-state index in [2.05, 4.69) is 4.74 Å². The van der Waals surface area contributed by atoms with Gasteiger partial charge in [-0.2, -0.15) is 13.2 Å². The highest BCUT2D eigenvalue weighted by atomic mass is 19.4. The van der Waals surface area contributed by atoms with Crippen LogP contribution in [0, 0.1) is 0 Å². The number of hydrogen-bond donors (Lipinski definition) is 1. The van der Waals surface area contributed by atoms with Gasteiger partial charge in [0.15, 0.2) is 0 Å². The standard InChI is InChI=1S/C15H12F6O4/c1-2-3-7-4-9(25-15(19,20)21)5-8-6-10(13(22)23)12(14(16,17)18)24-11(7)8/h4-6,12H,2-3H2,1H3,(H,22,23)/t12-/m0/s1. The molecular weight excluding hydrogens is 358 g/mol. The highest BCUT2D eigenvalue weighted by Crippen LogP contribution is 2.42. The van der Waals surface area contributed by atoms with Gasteiger partial charge >= 0.3 is 18.5 Å². The zero-order chi connectivity index (χ0) is 19.0. The molecule has 1 aromatic rings. The molecule has 1 aromatic carbocycles. The van der Waals surface area contributed by atoms with Crippen molar-refractivity contribution < 1.29 is 45.7 Å². The summed E-state index contributed by atoms with van der Waals surface area (Å²) in [4.78, 5) is 11.1. The molecule has 0 saturated heterocycles. The maximum atomic E-state index is 13.1. The van der Waals surface area contributed by atoms with Crippen molar-refractivity contribution in [1.82, 2.24) is 0 Å². The predicted molar refractivity (Wildman–Crippen MR) is 73.2 cm³/mol. The second kappa shape index (κ2) is 6.49. The third-order valence-corrected chi connectivity index (χ3v) is 3.29. The number of alkyl halides is 6. The van der Waals surface area contributed by atoms with Crippen LogP contribution in [-0.2, 0) is 11.2 Å². The Bertz CT molecular complexity index is 705. The average molecular weight is 370 g/mol. The fourth-order valence-corrected chi connectivity index (χ4v) is 2.42. The first-order chi connectivity index (χ1) is 11.4. The summed E-state index contributed by atoms with van der Waals surface area (Å²) in [5, 5.41) is 8.97. The quantitative estimate of drug-likeness (QED) is 0.802. The van der Waals surface area contributed by atoms with Crippen molar-refractivity contribution in [2.24, 2.45) is 0 Å². The minimum atomic E-state index is -5.00. The van der Waals surface area contributed by atoms with Crippen LogP contribution in [-0.4, -0.2) is 29.7 Å². The van der Waals surface area contributed by atoms with Gasteiger partial charge in [-0.15, -0.1) is 13.2 Å². The van der Waals surface area contributed by atoms with Gasteiger partial charge < -0.3 is 14.6 Å². The first kappa shape index (κ1) is 18.9. The van der Waals surface area contributed by atoms with Crippen LogP contribution in [0.25, 0.3) is 6.08 Å². The Labute approximate surface area is 137 Å². The normalized spacial score (nSPS) is 17.4. The van der Waals surface area contributed by atoms with Crippen molar-refractivity contribution in [2.45, 2.75) is 38.4 Å². The number of aliphatic carboxylic acids is 1. The van der Waals surface area contributed by atoms with E-state index >= 15 is 0 Å². The van der Waals surface area contributed by atoms with Gasteiger partial charge in [0.2, 0.25) is 6.10 Å². The van der Waals surface area contributed by atoms with E-state index < -0.39 is 35.9 Å². The Morgan fingerprint density at radius 2 is 1.88 bits per heavy atom. The number of ether oxygens (including phenoxy) is 2. The summed E-state index contributed by atoms with van der Waals surface area (Å²) in [6.45, 7) is 1.67. The van der Waals surface area contributed by atoms with Crippen molar-refractivity contribution in [3.05, 3.63) is 28.8 Å². The predicted octanol–water partition coefficient (Wildman–Crippen LogP) is 4.33. The molecule has 1 atom stereocenters. The molecule has 4 nitrogen and oxygen atoms in total. The molecule has 138 valence electrons. The number of halogens is 6. The molecule has 1 N–H and O–H groups in total. The molecular formula is C15H12F6O4. The number of carboxylic acids is 1. The van der Waals surface area contributed by atoms with Crippen molar-refractivity contribution in [2.75, 3.05) is 0 Å². The topological polar surface area (TPSA) is 55.8 Å². The molecule has 0 amide bonds. The van der Waals surface area contributed by atoms with E-state index in [-0.39, 0.29) is 23.3 Å². The van der Waals surface area contributed by atoms with Crippen molar-refractivity contribution >= 4 is 12.0 Å². The summed E-state index contributed by atoms with van der Waals surface area (Å²) in [6.07, 6.45) is -11.5. The van der Waals surface area contributed by atoms with Crippen molar-refractivity contribution in [3.8, 4) is 11.5 Å². The SMILES string of the molecule is CCCc1cc(OC(F)(F)F)cc2c1O[C@H](C(F)(F)F)C(C(=O)O)=C2. The zero-order valence-electron chi connectivity index (χ0n) is 12.7. The second-order valence-corrected chi connectivity index (χ2v) is 5.24. The number of rotatable bonds is 4. The number of aryl methyl sites for hydroxylation is 1. The number of fused-ring (bicyclic) bond motifs is 1. The molecule has 0 fully saturated rings. The van der Waals surface area contributed by atoms with E-state index in [9.17, 15) is 31.1 Å². The molecule has 0 saturated carbocycles. The fraction of sp³-hybridized carbons (Fsp3) is 0.400. The molecule has 0 radical (unpaired) electrons. The first-order valence-corrected chi connectivity index (χ1v) is 7.03. The number of carboxylic acid groups (broad SMARTS) is 1. The van der Waals surface area contributed by atoms with E-state index in [1.807, 2.05) is 0 Å². The molecule has 1 aliphatic rings. The lowest BCUT2D eigenvalue weighted by molar-refractivity contribution is -0.274. The lowest BCUT2D eigenvalue weighted by Gasteiger charge is -2.29. The van der Waals surface area contributed by atoms with E-state index in [1.54, 1.807) is 6.92 Å². The van der Waals surface area contributed by atoms with Crippen LogP contribution < -0.4 is 9.47 Å². The Morgan fingerprint density at radius 3 is 2.36 bits per heavy atom. The first-order valence-electron chi connectivity index (χ1n) is 7.03. The van der Waals surface area contributed by atoms with Gasteiger partial charge in [0.05, 0.1) is 5.57 Å². The summed E-state index contributed by atoms with van der Waals surface area (Å²) >= 11 is 0. The minimum Gasteiger partial charge on any atom is -0.478 e. The summed E-state index contributed by atoms with van der Waals surface area (Å²) in [7, 11) is 0. The Balaban J connectivity index is 2.60. The highest BCUT2D eigenvalue weighted by molar-refractivity contribution is 5.95. The fourth-order valence-electron chi connectivity index (χ4n) is 2.42. The van der Waals surface area contributed by atoms with Gasteiger partial charge in [0.25, 0.3) is 0 Å². The number of carbonyl (C=O) groups is 1. The Morgan fingerprint density at radius 1 is 1.24 bits per heavy atom. The van der Waals surface area contributed by atoms with E-state index in [1.165, 1.54) is 0 Å². The van der Waals surface area contributed by atoms with Crippen LogP contribution in [0.1, 0.15) is 24.5 Å². The van der Waals surface area contributed by atoms with E-state index in [0.717, 1.165) is 12.1 Å². The highest BCUT2D eigenvalue weighted by Gasteiger charge is 2.49. The number of hydrogen-bond acceptors (Lipinski definition) is 3. The van der Waals surface area contributed by atoms with E-state index in [0.29, 0.717) is 12.5 Å². The maximum Gasteiger partial charge on any atom is 0.573 e. The smallest absolute Gasteiger partial charge is 0.478 e. The van der Waals surface area contributed by atoms with Gasteiger partial charge in [0.1, 0.15) is 11.5 Å². The zero-order valence-corrected chi connectivity index (χ0v) is 12.7. The summed E-state index contributed by atoms with van der Waals surface area (Å²) in [5.41, 5.74) is -1.27. The Kier molecular flexibility index (Phi) is 4.92. The average Bonchev–Trinajstić information content (AvgIpc) is 2.43. The van der Waals surface area contributed by atoms with Crippen LogP contribution in [0.5, 0.6) is 11.5 Å². The van der Waals surface area contributed by atoms with Crippen molar-refractivity contribution in [1.29, 1.82) is 0 Å². The molecule has 25 heavy (non-hydrogen) atoms. The minimum absolute atomic E-state index is 0.0641. The van der Waals surface area contributed by atoms with Gasteiger partial charge in [-0.1, -0.05) is 13.3 Å². The van der Waals surface area contributed by atoms with Gasteiger partial charge in [0, 0.05) is 5.56 Å². The lowest BCUT2D eigenvalue weighted by Crippen LogP contribution is -2.40. The summed E-state index contributed by atoms with van der Waals surface area (Å²) < 4.78 is 85.0. The third kappa shape index (κ3) is 4.37. The third-order valence-electron chi connectivity index (χ3n) is 3.29. The van der Waals surface area contributed by atoms with Gasteiger partial charge in [-0.25, -0.2) is 4.79 Å². The molecule has 0 aromatic heterocycles. The van der Waals surface area contributed by atoms with Crippen LogP contribution >= 0.6 is 0 Å². The summed E-state index contributed by atoms with van der Waals surface area (Å²) in [6, 6.07) is 1.72. The molecule has 0 spiro atoms. The Hall–Kier alpha value is -2.39. The summed E-state index contributed by atoms with van der Waals surface area (Å²) in [5.74, 6) is -2.85. The monoisotopic (exact) mass is 370 g/mol. The van der Waals surface area contributed by atoms with Crippen LogP contribution in [0.15, 0.2) is 17.7 Å². The van der Waals surface area contributed by atoms with Gasteiger partial charge in [-0.3, -0.25) is 0 Å². The molecule has 1 aliphatic heterocycles. The molecule has 0 unspecified atom stereocenters. The van der Waals surface area contributed by atoms with Gasteiger partial charge in [-0.05, 0) is 30.2 Å². The molecule has 1 heterocycles. The molecule has 2 rings (SSSR count). The van der Waals surface area contributed by atoms with E-state index in [4.69, 9.17) is 9.84 Å². The van der Waals surface area contributed by atoms with Crippen LogP contribution in [0.3, 0.4) is 0 Å². The molecule has 0 bridgehead atoms. The molecule has 10 heteroatoms. The van der Waals surface area contributed by atoms with Crippen LogP contribution in [0.2, 0.25) is 0 Å².